The Hall–Kier alpha value is -2.48. The molecule has 1 heterocycles. The summed E-state index contributed by atoms with van der Waals surface area (Å²) in [6.07, 6.45) is -0.110. The summed E-state index contributed by atoms with van der Waals surface area (Å²) in [5, 5.41) is 13.4. The second-order valence-corrected chi connectivity index (χ2v) is 3.21. The average molecular weight is 213 g/mol. The van der Waals surface area contributed by atoms with E-state index >= 15 is 0 Å². The summed E-state index contributed by atoms with van der Waals surface area (Å²) < 4.78 is 0. The number of Topliss-reactive ketones (excluding diaryl/α,β-unsaturated/α-hetero) is 1. The van der Waals surface area contributed by atoms with Gasteiger partial charge in [-0.15, -0.1) is 0 Å². The van der Waals surface area contributed by atoms with Crippen molar-refractivity contribution in [3.8, 4) is 6.07 Å². The Kier molecular flexibility index (Phi) is 2.48. The van der Waals surface area contributed by atoms with Crippen molar-refractivity contribution in [2.24, 2.45) is 5.10 Å². The number of amides is 1. The highest BCUT2D eigenvalue weighted by atomic mass is 16.2. The van der Waals surface area contributed by atoms with Gasteiger partial charge in [-0.05, 0) is 12.1 Å². The average Bonchev–Trinajstić information content (AvgIpc) is 2.71. The third-order valence-electron chi connectivity index (χ3n) is 2.14. The van der Waals surface area contributed by atoms with Crippen molar-refractivity contribution >= 4 is 23.1 Å². The predicted octanol–water partition coefficient (Wildman–Crippen LogP) is 0.872. The molecule has 1 aliphatic rings. The monoisotopic (exact) mass is 213 g/mol. The molecular formula is C11H7N3O2. The van der Waals surface area contributed by atoms with Gasteiger partial charge in [0.2, 0.25) is 0 Å². The second-order valence-electron chi connectivity index (χ2n) is 3.21. The molecule has 5 nitrogen and oxygen atoms in total. The van der Waals surface area contributed by atoms with E-state index in [0.717, 1.165) is 5.01 Å². The number of carbonyl (C=O) groups is 2. The molecular weight excluding hydrogens is 206 g/mol. The van der Waals surface area contributed by atoms with Crippen molar-refractivity contribution in [1.82, 2.24) is 0 Å². The predicted molar refractivity (Wildman–Crippen MR) is 56.6 cm³/mol. The van der Waals surface area contributed by atoms with Crippen LogP contribution in [0.15, 0.2) is 35.4 Å². The number of nitrogens with zero attached hydrogens (tertiary/aromatic N) is 3. The molecule has 0 atom stereocenters. The van der Waals surface area contributed by atoms with Crippen LogP contribution in [0.25, 0.3) is 0 Å². The first-order valence-electron chi connectivity index (χ1n) is 4.62. The minimum Gasteiger partial charge on any atom is -0.275 e. The maximum atomic E-state index is 11.6. The summed E-state index contributed by atoms with van der Waals surface area (Å²) >= 11 is 0. The van der Waals surface area contributed by atoms with Gasteiger partial charge in [0.15, 0.2) is 0 Å². The molecule has 2 rings (SSSR count). The molecule has 78 valence electrons. The smallest absolute Gasteiger partial charge is 0.275 e. The molecule has 1 amide bonds. The standard InChI is InChI=1S/C11H7N3O2/c12-7-10(15)9-6-11(16)14(13-9)8-4-2-1-3-5-8/h1-5H,6H2. The van der Waals surface area contributed by atoms with Crippen molar-refractivity contribution in [3.63, 3.8) is 0 Å². The van der Waals surface area contributed by atoms with Crippen LogP contribution >= 0.6 is 0 Å². The Morgan fingerprint density at radius 1 is 1.38 bits per heavy atom. The molecule has 0 bridgehead atoms. The van der Waals surface area contributed by atoms with Gasteiger partial charge in [0.05, 0.1) is 12.1 Å². The Bertz CT molecular complexity index is 514. The summed E-state index contributed by atoms with van der Waals surface area (Å²) in [6.45, 7) is 0. The molecule has 0 saturated heterocycles. The number of ketones is 1. The van der Waals surface area contributed by atoms with E-state index in [1.165, 1.54) is 6.07 Å². The fourth-order valence-electron chi connectivity index (χ4n) is 1.39. The number of rotatable bonds is 2. The fourth-order valence-corrected chi connectivity index (χ4v) is 1.39. The molecule has 1 aromatic carbocycles. The van der Waals surface area contributed by atoms with Gasteiger partial charge >= 0.3 is 0 Å². The van der Waals surface area contributed by atoms with Crippen LogP contribution in [-0.2, 0) is 9.59 Å². The lowest BCUT2D eigenvalue weighted by atomic mass is 10.2. The van der Waals surface area contributed by atoms with Crippen LogP contribution in [0.2, 0.25) is 0 Å². The van der Waals surface area contributed by atoms with Crippen LogP contribution in [-0.4, -0.2) is 17.4 Å². The number of benzene rings is 1. The van der Waals surface area contributed by atoms with Gasteiger partial charge in [-0.25, -0.2) is 5.01 Å². The van der Waals surface area contributed by atoms with Gasteiger partial charge < -0.3 is 0 Å². The lowest BCUT2D eigenvalue weighted by molar-refractivity contribution is -0.117. The van der Waals surface area contributed by atoms with Gasteiger partial charge in [-0.3, -0.25) is 9.59 Å². The number of anilines is 1. The summed E-state index contributed by atoms with van der Waals surface area (Å²) in [6, 6.07) is 10.2. The fraction of sp³-hybridized carbons (Fsp3) is 0.0909. The van der Waals surface area contributed by atoms with Gasteiger partial charge in [-0.2, -0.15) is 10.4 Å². The molecule has 0 saturated carbocycles. The minimum atomic E-state index is -0.758. The summed E-state index contributed by atoms with van der Waals surface area (Å²) in [5.74, 6) is -1.06. The Morgan fingerprint density at radius 3 is 2.69 bits per heavy atom. The number of para-hydroxylation sites is 1. The van der Waals surface area contributed by atoms with E-state index < -0.39 is 5.78 Å². The molecule has 0 aliphatic carbocycles. The van der Waals surface area contributed by atoms with E-state index in [1.807, 2.05) is 6.07 Å². The maximum Gasteiger partial charge on any atom is 0.278 e. The number of hydrazone groups is 1. The molecule has 16 heavy (non-hydrogen) atoms. The maximum absolute atomic E-state index is 11.6. The first-order valence-corrected chi connectivity index (χ1v) is 4.62. The lowest BCUT2D eigenvalue weighted by Crippen LogP contribution is -2.19. The Labute approximate surface area is 91.6 Å². The van der Waals surface area contributed by atoms with Crippen molar-refractivity contribution in [3.05, 3.63) is 30.3 Å². The first-order chi connectivity index (χ1) is 7.72. The van der Waals surface area contributed by atoms with Gasteiger partial charge in [0.1, 0.15) is 11.8 Å². The van der Waals surface area contributed by atoms with E-state index in [-0.39, 0.29) is 18.0 Å². The summed E-state index contributed by atoms with van der Waals surface area (Å²) in [5.41, 5.74) is 0.588. The van der Waals surface area contributed by atoms with Crippen LogP contribution in [0.5, 0.6) is 0 Å². The zero-order chi connectivity index (χ0) is 11.5. The number of nitriles is 1. The molecule has 0 radical (unpaired) electrons. The topological polar surface area (TPSA) is 73.5 Å². The van der Waals surface area contributed by atoms with E-state index in [1.54, 1.807) is 24.3 Å². The number of carbonyl (C=O) groups excluding carboxylic acids is 2. The van der Waals surface area contributed by atoms with Crippen LogP contribution in [0.1, 0.15) is 6.42 Å². The van der Waals surface area contributed by atoms with Gasteiger partial charge in [0, 0.05) is 0 Å². The molecule has 0 unspecified atom stereocenters. The van der Waals surface area contributed by atoms with E-state index in [2.05, 4.69) is 5.10 Å². The summed E-state index contributed by atoms with van der Waals surface area (Å²) in [4.78, 5) is 22.6. The van der Waals surface area contributed by atoms with Gasteiger partial charge in [-0.1, -0.05) is 18.2 Å². The molecule has 0 N–H and O–H groups in total. The highest BCUT2D eigenvalue weighted by molar-refractivity contribution is 6.50. The molecule has 1 aromatic rings. The molecule has 1 aliphatic heterocycles. The zero-order valence-corrected chi connectivity index (χ0v) is 8.25. The second kappa shape index (κ2) is 3.95. The highest BCUT2D eigenvalue weighted by Gasteiger charge is 2.28. The minimum absolute atomic E-state index is 0.00338. The molecule has 0 fully saturated rings. The normalized spacial score (nSPS) is 14.6. The van der Waals surface area contributed by atoms with Crippen LogP contribution < -0.4 is 5.01 Å². The SMILES string of the molecule is N#CC(=O)C1=NN(c2ccccc2)C(=O)C1. The molecule has 5 heteroatoms. The Morgan fingerprint density at radius 2 is 2.06 bits per heavy atom. The lowest BCUT2D eigenvalue weighted by Gasteiger charge is -2.10. The number of hydrogen-bond donors (Lipinski definition) is 0. The van der Waals surface area contributed by atoms with Crippen molar-refractivity contribution in [2.75, 3.05) is 5.01 Å². The van der Waals surface area contributed by atoms with Crippen molar-refractivity contribution in [1.29, 1.82) is 5.26 Å². The molecule has 0 aromatic heterocycles. The van der Waals surface area contributed by atoms with Crippen LogP contribution in [0.3, 0.4) is 0 Å². The largest absolute Gasteiger partial charge is 0.278 e. The quantitative estimate of drug-likeness (QED) is 0.684. The summed E-state index contributed by atoms with van der Waals surface area (Å²) in [7, 11) is 0. The highest BCUT2D eigenvalue weighted by Crippen LogP contribution is 2.19. The van der Waals surface area contributed by atoms with Crippen molar-refractivity contribution in [2.45, 2.75) is 6.42 Å². The number of hydrogen-bond acceptors (Lipinski definition) is 4. The van der Waals surface area contributed by atoms with Gasteiger partial charge in [0.25, 0.3) is 11.7 Å². The van der Waals surface area contributed by atoms with E-state index in [4.69, 9.17) is 5.26 Å². The van der Waals surface area contributed by atoms with Crippen LogP contribution in [0, 0.1) is 11.3 Å². The van der Waals surface area contributed by atoms with E-state index in [9.17, 15) is 9.59 Å². The molecule has 0 spiro atoms. The zero-order valence-electron chi connectivity index (χ0n) is 8.25. The van der Waals surface area contributed by atoms with Crippen LogP contribution in [0.4, 0.5) is 5.69 Å². The third kappa shape index (κ3) is 1.68. The first kappa shape index (κ1) is 10.1. The van der Waals surface area contributed by atoms with Crippen molar-refractivity contribution < 1.29 is 9.59 Å². The van der Waals surface area contributed by atoms with E-state index in [0.29, 0.717) is 5.69 Å². The third-order valence-corrected chi connectivity index (χ3v) is 2.14. The Balaban J connectivity index is 2.32.